The summed E-state index contributed by atoms with van der Waals surface area (Å²) in [6, 6.07) is 11.5. The van der Waals surface area contributed by atoms with E-state index >= 15 is 0 Å². The van der Waals surface area contributed by atoms with Gasteiger partial charge in [0.2, 0.25) is 5.91 Å². The summed E-state index contributed by atoms with van der Waals surface area (Å²) in [6.07, 6.45) is 5.35. The number of amides is 1. The number of aromatic nitrogens is 1. The Morgan fingerprint density at radius 1 is 1.20 bits per heavy atom. The lowest BCUT2D eigenvalue weighted by molar-refractivity contribution is -0.124. The van der Waals surface area contributed by atoms with Gasteiger partial charge in [-0.1, -0.05) is 18.2 Å². The van der Waals surface area contributed by atoms with Crippen molar-refractivity contribution < 1.29 is 18.0 Å². The number of benzene rings is 1. The van der Waals surface area contributed by atoms with Gasteiger partial charge >= 0.3 is 5.51 Å². The molecule has 132 valence electrons. The highest BCUT2D eigenvalue weighted by Crippen LogP contribution is 2.36. The van der Waals surface area contributed by atoms with Crippen LogP contribution in [-0.4, -0.2) is 34.9 Å². The van der Waals surface area contributed by atoms with Crippen LogP contribution in [0.5, 0.6) is 0 Å². The summed E-state index contributed by atoms with van der Waals surface area (Å²) in [5, 5.41) is 0. The maximum atomic E-state index is 12.3. The SMILES string of the molecule is CN(CCc1ccccn1)C(=O)/C=C/c1ccc(SC(F)(F)F)cc1. The van der Waals surface area contributed by atoms with Crippen molar-refractivity contribution in [1.82, 2.24) is 9.88 Å². The summed E-state index contributed by atoms with van der Waals surface area (Å²) in [6.45, 7) is 0.529. The molecule has 0 saturated carbocycles. The minimum atomic E-state index is -4.30. The Morgan fingerprint density at radius 2 is 1.92 bits per heavy atom. The van der Waals surface area contributed by atoms with Crippen LogP contribution in [0.3, 0.4) is 0 Å². The predicted octanol–water partition coefficient (Wildman–Crippen LogP) is 4.41. The molecule has 1 heterocycles. The smallest absolute Gasteiger partial charge is 0.342 e. The molecule has 25 heavy (non-hydrogen) atoms. The second-order valence-electron chi connectivity index (χ2n) is 5.28. The van der Waals surface area contributed by atoms with Gasteiger partial charge in [0.15, 0.2) is 0 Å². The molecule has 0 saturated heterocycles. The fourth-order valence-corrected chi connectivity index (χ4v) is 2.55. The summed E-state index contributed by atoms with van der Waals surface area (Å²) in [5.41, 5.74) is -2.73. The van der Waals surface area contributed by atoms with Crippen LogP contribution in [0.2, 0.25) is 0 Å². The number of likely N-dealkylation sites (N-methyl/N-ethyl adjacent to an activating group) is 1. The predicted molar refractivity (Wildman–Crippen MR) is 93.0 cm³/mol. The van der Waals surface area contributed by atoms with Crippen LogP contribution in [-0.2, 0) is 11.2 Å². The van der Waals surface area contributed by atoms with E-state index in [1.807, 2.05) is 18.2 Å². The summed E-state index contributed by atoms with van der Waals surface area (Å²) in [5.74, 6) is -0.176. The first-order chi connectivity index (χ1) is 11.8. The zero-order valence-electron chi connectivity index (χ0n) is 13.5. The third-order valence-electron chi connectivity index (χ3n) is 3.34. The number of hydrogen-bond acceptors (Lipinski definition) is 3. The lowest BCUT2D eigenvalue weighted by Crippen LogP contribution is -2.27. The van der Waals surface area contributed by atoms with Gasteiger partial charge in [-0.05, 0) is 47.7 Å². The fourth-order valence-electron chi connectivity index (χ4n) is 2.01. The van der Waals surface area contributed by atoms with Crippen molar-refractivity contribution in [1.29, 1.82) is 0 Å². The first-order valence-corrected chi connectivity index (χ1v) is 8.34. The van der Waals surface area contributed by atoms with Crippen LogP contribution in [0.4, 0.5) is 13.2 Å². The van der Waals surface area contributed by atoms with Crippen LogP contribution >= 0.6 is 11.8 Å². The first-order valence-electron chi connectivity index (χ1n) is 7.52. The Bertz CT molecular complexity index is 715. The zero-order valence-corrected chi connectivity index (χ0v) is 14.3. The number of rotatable bonds is 6. The number of carbonyl (C=O) groups is 1. The van der Waals surface area contributed by atoms with Crippen molar-refractivity contribution >= 4 is 23.7 Å². The molecule has 0 spiro atoms. The highest BCUT2D eigenvalue weighted by atomic mass is 32.2. The van der Waals surface area contributed by atoms with Gasteiger partial charge in [-0.25, -0.2) is 0 Å². The minimum absolute atomic E-state index is 0.114. The second kappa shape index (κ2) is 8.71. The number of hydrogen-bond donors (Lipinski definition) is 0. The molecule has 0 unspecified atom stereocenters. The quantitative estimate of drug-likeness (QED) is 0.561. The monoisotopic (exact) mass is 366 g/mol. The third-order valence-corrected chi connectivity index (χ3v) is 4.08. The third kappa shape index (κ3) is 7.01. The van der Waals surface area contributed by atoms with Crippen molar-refractivity contribution in [3.05, 3.63) is 66.0 Å². The summed E-state index contributed by atoms with van der Waals surface area (Å²) < 4.78 is 36.8. The Kier molecular flexibility index (Phi) is 6.64. The van der Waals surface area contributed by atoms with Gasteiger partial charge in [-0.2, -0.15) is 13.2 Å². The number of thioether (sulfide) groups is 1. The van der Waals surface area contributed by atoms with Gasteiger partial charge in [0, 0.05) is 42.9 Å². The number of pyridine rings is 1. The number of carbonyl (C=O) groups excluding carboxylic acids is 1. The first kappa shape index (κ1) is 19.1. The van der Waals surface area contributed by atoms with Crippen molar-refractivity contribution in [2.75, 3.05) is 13.6 Å². The molecular formula is C18H17F3N2OS. The van der Waals surface area contributed by atoms with E-state index in [4.69, 9.17) is 0 Å². The molecule has 0 fully saturated rings. The number of nitrogens with zero attached hydrogens (tertiary/aromatic N) is 2. The van der Waals surface area contributed by atoms with Gasteiger partial charge < -0.3 is 4.90 Å². The molecule has 1 aromatic heterocycles. The van der Waals surface area contributed by atoms with E-state index in [1.54, 1.807) is 36.4 Å². The van der Waals surface area contributed by atoms with Crippen molar-refractivity contribution in [3.8, 4) is 0 Å². The summed E-state index contributed by atoms with van der Waals surface area (Å²) in [7, 11) is 1.69. The second-order valence-corrected chi connectivity index (χ2v) is 6.42. The minimum Gasteiger partial charge on any atom is -0.342 e. The van der Waals surface area contributed by atoms with Crippen molar-refractivity contribution in [3.63, 3.8) is 0 Å². The maximum Gasteiger partial charge on any atom is 0.446 e. The van der Waals surface area contributed by atoms with E-state index in [9.17, 15) is 18.0 Å². The molecule has 0 aliphatic carbocycles. The number of halogens is 3. The maximum absolute atomic E-state index is 12.3. The fraction of sp³-hybridized carbons (Fsp3) is 0.222. The van der Waals surface area contributed by atoms with Gasteiger partial charge in [0.1, 0.15) is 0 Å². The highest BCUT2D eigenvalue weighted by molar-refractivity contribution is 8.00. The van der Waals surface area contributed by atoms with Crippen LogP contribution in [0.1, 0.15) is 11.3 Å². The van der Waals surface area contributed by atoms with E-state index in [-0.39, 0.29) is 22.6 Å². The topological polar surface area (TPSA) is 33.2 Å². The molecule has 2 aromatic rings. The average Bonchev–Trinajstić information content (AvgIpc) is 2.58. The van der Waals surface area contributed by atoms with Gasteiger partial charge in [0.25, 0.3) is 0 Å². The molecule has 1 aromatic carbocycles. The molecule has 0 aliphatic heterocycles. The standard InChI is InChI=1S/C18H17F3N2OS/c1-23(13-11-15-4-2-3-12-22-15)17(24)10-7-14-5-8-16(9-6-14)25-18(19,20)21/h2-10,12H,11,13H2,1H3/b10-7+. The largest absolute Gasteiger partial charge is 0.446 e. The van der Waals surface area contributed by atoms with E-state index < -0.39 is 5.51 Å². The highest BCUT2D eigenvalue weighted by Gasteiger charge is 2.28. The van der Waals surface area contributed by atoms with Crippen LogP contribution in [0, 0.1) is 0 Å². The molecular weight excluding hydrogens is 349 g/mol. The molecule has 7 heteroatoms. The molecule has 0 N–H and O–H groups in total. The number of alkyl halides is 3. The van der Waals surface area contributed by atoms with Crippen LogP contribution in [0.25, 0.3) is 6.08 Å². The molecule has 3 nitrogen and oxygen atoms in total. The van der Waals surface area contributed by atoms with Gasteiger partial charge in [-0.15, -0.1) is 0 Å². The molecule has 1 amide bonds. The molecule has 0 aliphatic rings. The normalized spacial score (nSPS) is 11.7. The van der Waals surface area contributed by atoms with Crippen molar-refractivity contribution in [2.45, 2.75) is 16.8 Å². The Labute approximate surface area is 148 Å². The van der Waals surface area contributed by atoms with Crippen LogP contribution in [0.15, 0.2) is 59.6 Å². The van der Waals surface area contributed by atoms with Crippen molar-refractivity contribution in [2.24, 2.45) is 0 Å². The Hall–Kier alpha value is -2.28. The Morgan fingerprint density at radius 3 is 2.52 bits per heavy atom. The summed E-state index contributed by atoms with van der Waals surface area (Å²) >= 11 is -0.162. The molecule has 0 atom stereocenters. The van der Waals surface area contributed by atoms with Crippen LogP contribution < -0.4 is 0 Å². The molecule has 0 bridgehead atoms. The Balaban J connectivity index is 1.86. The molecule has 2 rings (SSSR count). The van der Waals surface area contributed by atoms with Gasteiger partial charge in [0.05, 0.1) is 0 Å². The lowest BCUT2D eigenvalue weighted by atomic mass is 10.2. The van der Waals surface area contributed by atoms with Gasteiger partial charge in [-0.3, -0.25) is 9.78 Å². The lowest BCUT2D eigenvalue weighted by Gasteiger charge is -2.14. The van der Waals surface area contributed by atoms with E-state index in [0.717, 1.165) is 5.69 Å². The van der Waals surface area contributed by atoms with E-state index in [0.29, 0.717) is 18.5 Å². The average molecular weight is 366 g/mol. The van der Waals surface area contributed by atoms with E-state index in [1.165, 1.54) is 18.2 Å². The van der Waals surface area contributed by atoms with E-state index in [2.05, 4.69) is 4.98 Å². The molecule has 0 radical (unpaired) electrons. The summed E-state index contributed by atoms with van der Waals surface area (Å²) in [4.78, 5) is 17.9. The zero-order chi connectivity index (χ0) is 18.3.